The van der Waals surface area contributed by atoms with Gasteiger partial charge >= 0.3 is 0 Å². The van der Waals surface area contributed by atoms with Crippen LogP contribution in [-0.4, -0.2) is 34.5 Å². The van der Waals surface area contributed by atoms with Gasteiger partial charge in [0.15, 0.2) is 0 Å². The zero-order valence-corrected chi connectivity index (χ0v) is 16.0. The number of aromatic nitrogens is 3. The summed E-state index contributed by atoms with van der Waals surface area (Å²) in [5.74, 6) is 1.72. The SMILES string of the molecule is COc1ccccc1CCNC(=O)c1cc(NCc2cccnc2)nc(C)n1. The number of nitrogens with zero attached hydrogens (tertiary/aromatic N) is 3. The molecular formula is C21H23N5O2. The van der Waals surface area contributed by atoms with Crippen LogP contribution in [0.1, 0.15) is 27.4 Å². The number of hydrogen-bond donors (Lipinski definition) is 2. The number of benzene rings is 1. The molecule has 1 amide bonds. The molecule has 0 spiro atoms. The maximum Gasteiger partial charge on any atom is 0.270 e. The van der Waals surface area contributed by atoms with E-state index in [1.807, 2.05) is 36.4 Å². The molecule has 7 nitrogen and oxygen atoms in total. The topological polar surface area (TPSA) is 89.0 Å². The van der Waals surface area contributed by atoms with E-state index in [1.54, 1.807) is 32.5 Å². The van der Waals surface area contributed by atoms with Crippen LogP contribution in [0.2, 0.25) is 0 Å². The van der Waals surface area contributed by atoms with E-state index in [4.69, 9.17) is 4.74 Å². The lowest BCUT2D eigenvalue weighted by Crippen LogP contribution is -2.27. The molecule has 0 aliphatic heterocycles. The number of para-hydroxylation sites is 1. The Labute approximate surface area is 164 Å². The summed E-state index contributed by atoms with van der Waals surface area (Å²) < 4.78 is 5.34. The molecule has 0 fully saturated rings. The minimum absolute atomic E-state index is 0.232. The summed E-state index contributed by atoms with van der Waals surface area (Å²) in [5, 5.41) is 6.11. The van der Waals surface area contributed by atoms with Gasteiger partial charge in [0.1, 0.15) is 23.1 Å². The van der Waals surface area contributed by atoms with E-state index in [0.717, 1.165) is 16.9 Å². The lowest BCUT2D eigenvalue weighted by atomic mass is 10.1. The van der Waals surface area contributed by atoms with Crippen molar-refractivity contribution in [2.45, 2.75) is 19.9 Å². The first-order chi connectivity index (χ1) is 13.7. The predicted molar refractivity (Wildman–Crippen MR) is 107 cm³/mol. The molecule has 0 saturated carbocycles. The molecule has 2 N–H and O–H groups in total. The Balaban J connectivity index is 1.59. The van der Waals surface area contributed by atoms with E-state index >= 15 is 0 Å². The molecule has 3 aromatic rings. The van der Waals surface area contributed by atoms with E-state index in [0.29, 0.717) is 36.8 Å². The molecule has 0 aliphatic carbocycles. The number of carbonyl (C=O) groups is 1. The van der Waals surface area contributed by atoms with Gasteiger partial charge in [-0.3, -0.25) is 9.78 Å². The Kier molecular flexibility index (Phi) is 6.51. The van der Waals surface area contributed by atoms with Crippen molar-refractivity contribution in [3.63, 3.8) is 0 Å². The fraction of sp³-hybridized carbons (Fsp3) is 0.238. The third kappa shape index (κ3) is 5.26. The number of methoxy groups -OCH3 is 1. The van der Waals surface area contributed by atoms with Crippen LogP contribution in [0.3, 0.4) is 0 Å². The Morgan fingerprint density at radius 3 is 2.79 bits per heavy atom. The van der Waals surface area contributed by atoms with Crippen molar-refractivity contribution in [2.24, 2.45) is 0 Å². The van der Waals surface area contributed by atoms with Gasteiger partial charge in [-0.05, 0) is 36.6 Å². The molecule has 0 aliphatic rings. The zero-order valence-electron chi connectivity index (χ0n) is 16.0. The Morgan fingerprint density at radius 2 is 2.00 bits per heavy atom. The maximum atomic E-state index is 12.5. The lowest BCUT2D eigenvalue weighted by Gasteiger charge is -2.10. The third-order valence-corrected chi connectivity index (χ3v) is 4.14. The quantitative estimate of drug-likeness (QED) is 0.627. The fourth-order valence-electron chi connectivity index (χ4n) is 2.78. The number of amides is 1. The summed E-state index contributed by atoms with van der Waals surface area (Å²) in [4.78, 5) is 25.2. The second-order valence-corrected chi connectivity index (χ2v) is 6.22. The van der Waals surface area contributed by atoms with Gasteiger partial charge in [0.2, 0.25) is 0 Å². The monoisotopic (exact) mass is 377 g/mol. The van der Waals surface area contributed by atoms with E-state index in [1.165, 1.54) is 0 Å². The molecule has 7 heteroatoms. The number of aryl methyl sites for hydroxylation is 1. The first-order valence-corrected chi connectivity index (χ1v) is 9.04. The summed E-state index contributed by atoms with van der Waals surface area (Å²) >= 11 is 0. The molecular weight excluding hydrogens is 354 g/mol. The van der Waals surface area contributed by atoms with Crippen molar-refractivity contribution < 1.29 is 9.53 Å². The number of carbonyl (C=O) groups excluding carboxylic acids is 1. The van der Waals surface area contributed by atoms with Crippen LogP contribution in [-0.2, 0) is 13.0 Å². The number of hydrogen-bond acceptors (Lipinski definition) is 6. The summed E-state index contributed by atoms with van der Waals surface area (Å²) in [6, 6.07) is 13.3. The average molecular weight is 377 g/mol. The number of anilines is 1. The number of rotatable bonds is 8. The molecule has 2 heterocycles. The molecule has 0 radical (unpaired) electrons. The number of ether oxygens (including phenoxy) is 1. The normalized spacial score (nSPS) is 10.4. The summed E-state index contributed by atoms with van der Waals surface area (Å²) in [7, 11) is 1.64. The van der Waals surface area contributed by atoms with Crippen LogP contribution in [0.4, 0.5) is 5.82 Å². The average Bonchev–Trinajstić information content (AvgIpc) is 2.73. The first kappa shape index (κ1) is 19.3. The first-order valence-electron chi connectivity index (χ1n) is 9.04. The van der Waals surface area contributed by atoms with Crippen molar-refractivity contribution in [1.29, 1.82) is 0 Å². The fourth-order valence-corrected chi connectivity index (χ4v) is 2.78. The Hall–Kier alpha value is -3.48. The van der Waals surface area contributed by atoms with E-state index in [2.05, 4.69) is 25.6 Å². The van der Waals surface area contributed by atoms with Crippen LogP contribution in [0, 0.1) is 6.92 Å². The van der Waals surface area contributed by atoms with E-state index in [9.17, 15) is 4.79 Å². The summed E-state index contributed by atoms with van der Waals surface area (Å²) in [5.41, 5.74) is 2.41. The highest BCUT2D eigenvalue weighted by Crippen LogP contribution is 2.17. The molecule has 0 bridgehead atoms. The van der Waals surface area contributed by atoms with Gasteiger partial charge in [-0.1, -0.05) is 24.3 Å². The highest BCUT2D eigenvalue weighted by Gasteiger charge is 2.11. The van der Waals surface area contributed by atoms with Crippen LogP contribution in [0.25, 0.3) is 0 Å². The molecule has 144 valence electrons. The molecule has 0 unspecified atom stereocenters. The van der Waals surface area contributed by atoms with Crippen LogP contribution < -0.4 is 15.4 Å². The van der Waals surface area contributed by atoms with Crippen LogP contribution >= 0.6 is 0 Å². The van der Waals surface area contributed by atoms with Gasteiger partial charge in [0.05, 0.1) is 7.11 Å². The smallest absolute Gasteiger partial charge is 0.270 e. The van der Waals surface area contributed by atoms with Crippen molar-refractivity contribution in [3.8, 4) is 5.75 Å². The predicted octanol–water partition coefficient (Wildman–Crippen LogP) is 2.77. The van der Waals surface area contributed by atoms with Crippen LogP contribution in [0.15, 0.2) is 54.9 Å². The van der Waals surface area contributed by atoms with E-state index < -0.39 is 0 Å². The van der Waals surface area contributed by atoms with Crippen molar-refractivity contribution in [2.75, 3.05) is 19.0 Å². The minimum atomic E-state index is -0.232. The highest BCUT2D eigenvalue weighted by molar-refractivity contribution is 5.92. The van der Waals surface area contributed by atoms with Crippen molar-refractivity contribution in [1.82, 2.24) is 20.3 Å². The molecule has 0 saturated heterocycles. The van der Waals surface area contributed by atoms with E-state index in [-0.39, 0.29) is 5.91 Å². The van der Waals surface area contributed by atoms with Gasteiger partial charge in [0, 0.05) is 31.5 Å². The van der Waals surface area contributed by atoms with Crippen molar-refractivity contribution >= 4 is 11.7 Å². The van der Waals surface area contributed by atoms with Gasteiger partial charge < -0.3 is 15.4 Å². The minimum Gasteiger partial charge on any atom is -0.496 e. The van der Waals surface area contributed by atoms with Crippen molar-refractivity contribution in [3.05, 3.63) is 77.5 Å². The number of nitrogens with one attached hydrogen (secondary N) is 2. The molecule has 0 atom stereocenters. The Bertz CT molecular complexity index is 931. The highest BCUT2D eigenvalue weighted by atomic mass is 16.5. The zero-order chi connectivity index (χ0) is 19.8. The van der Waals surface area contributed by atoms with Gasteiger partial charge in [-0.25, -0.2) is 9.97 Å². The lowest BCUT2D eigenvalue weighted by molar-refractivity contribution is 0.0948. The summed E-state index contributed by atoms with van der Waals surface area (Å²) in [6.07, 6.45) is 4.18. The molecule has 1 aromatic carbocycles. The maximum absolute atomic E-state index is 12.5. The third-order valence-electron chi connectivity index (χ3n) is 4.14. The largest absolute Gasteiger partial charge is 0.496 e. The second-order valence-electron chi connectivity index (χ2n) is 6.22. The second kappa shape index (κ2) is 9.45. The van der Waals surface area contributed by atoms with Crippen LogP contribution in [0.5, 0.6) is 5.75 Å². The summed E-state index contributed by atoms with van der Waals surface area (Å²) in [6.45, 7) is 2.82. The number of pyridine rings is 1. The molecule has 3 rings (SSSR count). The van der Waals surface area contributed by atoms with Gasteiger partial charge in [-0.15, -0.1) is 0 Å². The van der Waals surface area contributed by atoms with Gasteiger partial charge in [0.25, 0.3) is 5.91 Å². The standard InChI is InChI=1S/C21H23N5O2/c1-15-25-18(12-20(26-15)24-14-16-6-5-10-22-13-16)21(27)23-11-9-17-7-3-4-8-19(17)28-2/h3-8,10,12-13H,9,11,14H2,1-2H3,(H,23,27)(H,24,25,26). The van der Waals surface area contributed by atoms with Gasteiger partial charge in [-0.2, -0.15) is 0 Å². The molecule has 2 aromatic heterocycles. The Morgan fingerprint density at radius 1 is 1.14 bits per heavy atom. The molecule has 28 heavy (non-hydrogen) atoms.